The van der Waals surface area contributed by atoms with Crippen molar-refractivity contribution in [3.63, 3.8) is 0 Å². The standard InChI is InChI=1S/C19H15BrN2O5/c1-21(2)17(24)12-4-6-13(7-5-12)22-18(25)16(27-19(22)26)10-11-3-8-15(23)14(20)9-11/h3-10,23H,1-2H3/b16-10+. The molecule has 1 N–H and O–H groups in total. The minimum absolute atomic E-state index is 0.0564. The number of benzene rings is 2. The Kier molecular flexibility index (Phi) is 5.00. The summed E-state index contributed by atoms with van der Waals surface area (Å²) in [5, 5.41) is 9.53. The number of hydrogen-bond donors (Lipinski definition) is 1. The summed E-state index contributed by atoms with van der Waals surface area (Å²) >= 11 is 3.19. The Morgan fingerprint density at radius 2 is 1.81 bits per heavy atom. The highest BCUT2D eigenvalue weighted by atomic mass is 79.9. The lowest BCUT2D eigenvalue weighted by atomic mass is 10.1. The lowest BCUT2D eigenvalue weighted by molar-refractivity contribution is -0.114. The number of nitrogens with zero attached hydrogens (tertiary/aromatic N) is 2. The zero-order chi connectivity index (χ0) is 19.7. The highest BCUT2D eigenvalue weighted by molar-refractivity contribution is 9.10. The zero-order valence-electron chi connectivity index (χ0n) is 14.5. The van der Waals surface area contributed by atoms with E-state index in [0.717, 1.165) is 4.90 Å². The number of phenolic OH excluding ortho intramolecular Hbond substituents is 1. The molecule has 138 valence electrons. The average Bonchev–Trinajstić information content (AvgIpc) is 2.91. The van der Waals surface area contributed by atoms with E-state index in [1.807, 2.05) is 0 Å². The maximum absolute atomic E-state index is 12.6. The van der Waals surface area contributed by atoms with Crippen LogP contribution in [0.15, 0.2) is 52.7 Å². The van der Waals surface area contributed by atoms with E-state index in [9.17, 15) is 19.5 Å². The van der Waals surface area contributed by atoms with E-state index in [-0.39, 0.29) is 17.4 Å². The van der Waals surface area contributed by atoms with Crippen molar-refractivity contribution < 1.29 is 24.2 Å². The maximum atomic E-state index is 12.6. The molecule has 1 fully saturated rings. The predicted molar refractivity (Wildman–Crippen MR) is 102 cm³/mol. The summed E-state index contributed by atoms with van der Waals surface area (Å²) in [5.74, 6) is -0.877. The van der Waals surface area contributed by atoms with E-state index in [1.165, 1.54) is 41.3 Å². The summed E-state index contributed by atoms with van der Waals surface area (Å²) < 4.78 is 5.53. The van der Waals surface area contributed by atoms with Crippen molar-refractivity contribution in [2.45, 2.75) is 0 Å². The number of amides is 3. The average molecular weight is 431 g/mol. The van der Waals surface area contributed by atoms with Gasteiger partial charge in [-0.05, 0) is 64.0 Å². The Balaban J connectivity index is 1.87. The van der Waals surface area contributed by atoms with Gasteiger partial charge in [0.1, 0.15) is 5.75 Å². The van der Waals surface area contributed by atoms with Crippen molar-refractivity contribution in [1.82, 2.24) is 4.90 Å². The monoisotopic (exact) mass is 430 g/mol. The Morgan fingerprint density at radius 1 is 1.15 bits per heavy atom. The molecular formula is C19H15BrN2O5. The van der Waals surface area contributed by atoms with Gasteiger partial charge in [0, 0.05) is 19.7 Å². The summed E-state index contributed by atoms with van der Waals surface area (Å²) in [6.45, 7) is 0. The Labute approximate surface area is 163 Å². The molecule has 0 spiro atoms. The molecule has 3 rings (SSSR count). The molecule has 3 amide bonds. The number of phenols is 1. The number of imide groups is 1. The van der Waals surface area contributed by atoms with Gasteiger partial charge in [-0.15, -0.1) is 0 Å². The number of carbonyl (C=O) groups is 3. The van der Waals surface area contributed by atoms with Gasteiger partial charge in [0.15, 0.2) is 5.76 Å². The minimum Gasteiger partial charge on any atom is -0.507 e. The molecule has 0 aliphatic carbocycles. The number of aromatic hydroxyl groups is 1. The largest absolute Gasteiger partial charge is 0.507 e. The number of carbonyl (C=O) groups excluding carboxylic acids is 3. The molecule has 0 saturated carbocycles. The van der Waals surface area contributed by atoms with Gasteiger partial charge in [0.05, 0.1) is 10.2 Å². The molecule has 27 heavy (non-hydrogen) atoms. The fraction of sp³-hybridized carbons (Fsp3) is 0.105. The Morgan fingerprint density at radius 3 is 2.41 bits per heavy atom. The number of cyclic esters (lactones) is 1. The molecule has 0 atom stereocenters. The Bertz CT molecular complexity index is 967. The first-order valence-corrected chi connectivity index (χ1v) is 8.65. The number of anilines is 1. The van der Waals surface area contributed by atoms with Crippen LogP contribution in [-0.4, -0.2) is 42.0 Å². The van der Waals surface area contributed by atoms with Crippen molar-refractivity contribution in [3.8, 4) is 5.75 Å². The second-order valence-electron chi connectivity index (χ2n) is 5.97. The van der Waals surface area contributed by atoms with E-state index in [0.29, 0.717) is 21.3 Å². The molecule has 0 radical (unpaired) electrons. The third-order valence-corrected chi connectivity index (χ3v) is 4.48. The van der Waals surface area contributed by atoms with Gasteiger partial charge in [-0.25, -0.2) is 9.69 Å². The fourth-order valence-electron chi connectivity index (χ4n) is 2.47. The van der Waals surface area contributed by atoms with Crippen molar-refractivity contribution in [2.75, 3.05) is 19.0 Å². The summed E-state index contributed by atoms with van der Waals surface area (Å²) in [4.78, 5) is 39.0. The maximum Gasteiger partial charge on any atom is 0.427 e. The molecule has 2 aromatic carbocycles. The van der Waals surface area contributed by atoms with Gasteiger partial charge in [0.2, 0.25) is 0 Å². The Hall–Kier alpha value is -3.13. The van der Waals surface area contributed by atoms with Gasteiger partial charge >= 0.3 is 12.0 Å². The lowest BCUT2D eigenvalue weighted by Crippen LogP contribution is -2.28. The number of ether oxygens (including phenoxy) is 1. The van der Waals surface area contributed by atoms with Crippen LogP contribution >= 0.6 is 15.9 Å². The summed E-state index contributed by atoms with van der Waals surface area (Å²) in [6, 6.07) is 10.7. The molecule has 1 aliphatic heterocycles. The van der Waals surface area contributed by atoms with Crippen LogP contribution in [0, 0.1) is 0 Å². The first kappa shape index (κ1) is 18.7. The molecule has 2 aromatic rings. The molecular weight excluding hydrogens is 416 g/mol. The van der Waals surface area contributed by atoms with Crippen LogP contribution < -0.4 is 4.90 Å². The van der Waals surface area contributed by atoms with Crippen LogP contribution in [0.2, 0.25) is 0 Å². The normalized spacial score (nSPS) is 15.2. The molecule has 0 bridgehead atoms. The molecule has 7 nitrogen and oxygen atoms in total. The van der Waals surface area contributed by atoms with Crippen LogP contribution in [0.5, 0.6) is 5.75 Å². The van der Waals surface area contributed by atoms with E-state index >= 15 is 0 Å². The first-order valence-electron chi connectivity index (χ1n) is 7.86. The van der Waals surface area contributed by atoms with Crippen LogP contribution in [0.3, 0.4) is 0 Å². The second kappa shape index (κ2) is 7.24. The number of hydrogen-bond acceptors (Lipinski definition) is 5. The highest BCUT2D eigenvalue weighted by Crippen LogP contribution is 2.29. The predicted octanol–water partition coefficient (Wildman–Crippen LogP) is 3.38. The van der Waals surface area contributed by atoms with Gasteiger partial charge in [-0.2, -0.15) is 0 Å². The van der Waals surface area contributed by atoms with Crippen LogP contribution in [0.1, 0.15) is 15.9 Å². The molecule has 8 heteroatoms. The van der Waals surface area contributed by atoms with Crippen molar-refractivity contribution >= 4 is 45.6 Å². The van der Waals surface area contributed by atoms with Crippen LogP contribution in [0.25, 0.3) is 6.08 Å². The topological polar surface area (TPSA) is 87.2 Å². The first-order chi connectivity index (χ1) is 12.8. The van der Waals surface area contributed by atoms with E-state index in [2.05, 4.69) is 15.9 Å². The summed E-state index contributed by atoms with van der Waals surface area (Å²) in [6.07, 6.45) is 0.588. The third-order valence-electron chi connectivity index (χ3n) is 3.84. The molecule has 0 unspecified atom stereocenters. The molecule has 1 aliphatic rings. The van der Waals surface area contributed by atoms with E-state index in [1.54, 1.807) is 26.2 Å². The lowest BCUT2D eigenvalue weighted by Gasteiger charge is -2.13. The highest BCUT2D eigenvalue weighted by Gasteiger charge is 2.37. The molecule has 0 aromatic heterocycles. The zero-order valence-corrected chi connectivity index (χ0v) is 16.1. The SMILES string of the molecule is CN(C)C(=O)c1ccc(N2C(=O)O/C(=C/c3ccc(O)c(Br)c3)C2=O)cc1. The third kappa shape index (κ3) is 3.70. The van der Waals surface area contributed by atoms with E-state index in [4.69, 9.17) is 4.74 Å². The van der Waals surface area contributed by atoms with Gasteiger partial charge in [-0.3, -0.25) is 9.59 Å². The van der Waals surface area contributed by atoms with Crippen molar-refractivity contribution in [1.29, 1.82) is 0 Å². The fourth-order valence-corrected chi connectivity index (χ4v) is 2.86. The molecule has 1 heterocycles. The summed E-state index contributed by atoms with van der Waals surface area (Å²) in [7, 11) is 3.27. The minimum atomic E-state index is -0.823. The van der Waals surface area contributed by atoms with Gasteiger partial charge in [0.25, 0.3) is 5.91 Å². The van der Waals surface area contributed by atoms with E-state index < -0.39 is 12.0 Å². The number of rotatable bonds is 3. The van der Waals surface area contributed by atoms with Crippen molar-refractivity contribution in [3.05, 3.63) is 63.8 Å². The summed E-state index contributed by atoms with van der Waals surface area (Å²) in [5.41, 5.74) is 1.31. The van der Waals surface area contributed by atoms with Gasteiger partial charge in [-0.1, -0.05) is 6.07 Å². The van der Waals surface area contributed by atoms with Crippen LogP contribution in [-0.2, 0) is 9.53 Å². The second-order valence-corrected chi connectivity index (χ2v) is 6.83. The molecule has 1 saturated heterocycles. The smallest absolute Gasteiger partial charge is 0.427 e. The quantitative estimate of drug-likeness (QED) is 0.754. The van der Waals surface area contributed by atoms with Crippen molar-refractivity contribution in [2.24, 2.45) is 0 Å². The van der Waals surface area contributed by atoms with Crippen LogP contribution in [0.4, 0.5) is 10.5 Å². The number of halogens is 1. The van der Waals surface area contributed by atoms with Gasteiger partial charge < -0.3 is 14.7 Å².